The first kappa shape index (κ1) is 18.3. The van der Waals surface area contributed by atoms with Crippen molar-refractivity contribution in [3.05, 3.63) is 69.1 Å². The number of fused-ring (bicyclic) bond motifs is 3. The second-order valence-electron chi connectivity index (χ2n) is 6.65. The molecular formula is C21H20N4O2S. The molecule has 3 aromatic rings. The Morgan fingerprint density at radius 1 is 1.25 bits per heavy atom. The minimum absolute atomic E-state index is 0.105. The molecule has 1 aromatic carbocycles. The fourth-order valence-electron chi connectivity index (χ4n) is 3.35. The van der Waals surface area contributed by atoms with E-state index in [9.17, 15) is 9.59 Å². The van der Waals surface area contributed by atoms with Crippen LogP contribution in [-0.4, -0.2) is 21.7 Å². The number of rotatable bonds is 5. The molecule has 0 saturated heterocycles. The van der Waals surface area contributed by atoms with Gasteiger partial charge in [-0.05, 0) is 42.9 Å². The van der Waals surface area contributed by atoms with Crippen LogP contribution in [0.4, 0.5) is 0 Å². The molecule has 2 aromatic heterocycles. The van der Waals surface area contributed by atoms with Crippen molar-refractivity contribution < 1.29 is 4.79 Å². The van der Waals surface area contributed by atoms with Gasteiger partial charge in [-0.2, -0.15) is 5.10 Å². The molecule has 0 atom stereocenters. The number of allylic oxidation sites excluding steroid dienone is 1. The molecular weight excluding hydrogens is 372 g/mol. The summed E-state index contributed by atoms with van der Waals surface area (Å²) in [6.07, 6.45) is 10.8. The lowest BCUT2D eigenvalue weighted by Gasteiger charge is -2.10. The zero-order valence-corrected chi connectivity index (χ0v) is 16.1. The molecule has 0 aliphatic heterocycles. The van der Waals surface area contributed by atoms with Gasteiger partial charge in [-0.25, -0.2) is 10.4 Å². The third kappa shape index (κ3) is 3.94. The Morgan fingerprint density at radius 2 is 2.07 bits per heavy atom. The van der Waals surface area contributed by atoms with Crippen LogP contribution in [0.2, 0.25) is 0 Å². The zero-order valence-electron chi connectivity index (χ0n) is 15.3. The molecule has 0 radical (unpaired) electrons. The maximum Gasteiger partial charge on any atom is 0.262 e. The molecule has 0 spiro atoms. The van der Waals surface area contributed by atoms with E-state index < -0.39 is 0 Å². The van der Waals surface area contributed by atoms with Crippen molar-refractivity contribution in [2.75, 3.05) is 0 Å². The summed E-state index contributed by atoms with van der Waals surface area (Å²) in [5.74, 6) is -0.364. The molecule has 0 saturated carbocycles. The first-order valence-corrected chi connectivity index (χ1v) is 10.1. The SMILES string of the molecule is O=C(Cn1cnc2sc3c(c2c1=O)CCCC3)NN=CC=Cc1ccccc1. The van der Waals surface area contributed by atoms with E-state index in [1.807, 2.05) is 36.4 Å². The molecule has 1 amide bonds. The molecule has 142 valence electrons. The molecule has 1 aliphatic carbocycles. The first-order valence-electron chi connectivity index (χ1n) is 9.25. The van der Waals surface area contributed by atoms with Gasteiger partial charge in [-0.3, -0.25) is 14.2 Å². The fraction of sp³-hybridized carbons (Fsp3) is 0.238. The molecule has 0 unspecified atom stereocenters. The Balaban J connectivity index is 1.42. The van der Waals surface area contributed by atoms with Crippen LogP contribution in [0.15, 0.2) is 52.6 Å². The lowest BCUT2D eigenvalue weighted by Crippen LogP contribution is -2.30. The van der Waals surface area contributed by atoms with E-state index in [-0.39, 0.29) is 18.0 Å². The largest absolute Gasteiger partial charge is 0.289 e. The molecule has 1 N–H and O–H groups in total. The Kier molecular flexibility index (Phi) is 5.43. The van der Waals surface area contributed by atoms with Crippen molar-refractivity contribution in [3.8, 4) is 0 Å². The van der Waals surface area contributed by atoms with Crippen molar-refractivity contribution in [1.82, 2.24) is 15.0 Å². The number of hydrogen-bond acceptors (Lipinski definition) is 5. The van der Waals surface area contributed by atoms with Crippen LogP contribution in [0.3, 0.4) is 0 Å². The van der Waals surface area contributed by atoms with Gasteiger partial charge < -0.3 is 0 Å². The third-order valence-corrected chi connectivity index (χ3v) is 5.89. The minimum Gasteiger partial charge on any atom is -0.289 e. The number of aromatic nitrogens is 2. The van der Waals surface area contributed by atoms with Crippen LogP contribution in [-0.2, 0) is 24.2 Å². The van der Waals surface area contributed by atoms with Gasteiger partial charge in [0, 0.05) is 11.1 Å². The maximum absolute atomic E-state index is 12.8. The summed E-state index contributed by atoms with van der Waals surface area (Å²) in [4.78, 5) is 31.4. The van der Waals surface area contributed by atoms with Crippen LogP contribution < -0.4 is 11.0 Å². The number of hydrogen-bond donors (Lipinski definition) is 1. The van der Waals surface area contributed by atoms with Crippen LogP contribution >= 0.6 is 11.3 Å². The monoisotopic (exact) mass is 392 g/mol. The molecule has 0 bridgehead atoms. The fourth-order valence-corrected chi connectivity index (χ4v) is 4.57. The van der Waals surface area contributed by atoms with Crippen molar-refractivity contribution in [1.29, 1.82) is 0 Å². The van der Waals surface area contributed by atoms with Gasteiger partial charge >= 0.3 is 0 Å². The molecule has 6 nitrogen and oxygen atoms in total. The Morgan fingerprint density at radius 3 is 2.93 bits per heavy atom. The summed E-state index contributed by atoms with van der Waals surface area (Å²) < 4.78 is 1.36. The topological polar surface area (TPSA) is 76.3 Å². The zero-order chi connectivity index (χ0) is 19.3. The number of nitrogens with zero attached hydrogens (tertiary/aromatic N) is 3. The van der Waals surface area contributed by atoms with Crippen LogP contribution in [0.25, 0.3) is 16.3 Å². The molecule has 7 heteroatoms. The lowest BCUT2D eigenvalue weighted by molar-refractivity contribution is -0.121. The van der Waals surface area contributed by atoms with E-state index in [2.05, 4.69) is 15.5 Å². The average Bonchev–Trinajstić information content (AvgIpc) is 3.10. The molecule has 0 fully saturated rings. The van der Waals surface area contributed by atoms with E-state index in [1.54, 1.807) is 17.4 Å². The maximum atomic E-state index is 12.8. The average molecular weight is 392 g/mol. The standard InChI is InChI=1S/C21H20N4O2S/c26-18(24-23-12-6-9-15-7-2-1-3-8-15)13-25-14-22-20-19(21(25)27)16-10-4-5-11-17(16)28-20/h1-3,6-9,12,14H,4-5,10-11,13H2,(H,24,26). The second-order valence-corrected chi connectivity index (χ2v) is 7.74. The van der Waals surface area contributed by atoms with E-state index in [1.165, 1.54) is 22.0 Å². The Labute approximate surface area is 166 Å². The summed E-state index contributed by atoms with van der Waals surface area (Å²) in [6, 6.07) is 9.80. The quantitative estimate of drug-likeness (QED) is 0.535. The van der Waals surface area contributed by atoms with E-state index in [0.717, 1.165) is 41.6 Å². The summed E-state index contributed by atoms with van der Waals surface area (Å²) in [7, 11) is 0. The summed E-state index contributed by atoms with van der Waals surface area (Å²) in [5, 5.41) is 4.57. The van der Waals surface area contributed by atoms with E-state index in [4.69, 9.17) is 0 Å². The number of benzene rings is 1. The Bertz CT molecular complexity index is 1110. The first-order chi connectivity index (χ1) is 13.7. The number of carbonyl (C=O) groups excluding carboxylic acids is 1. The minimum atomic E-state index is -0.364. The number of nitrogens with one attached hydrogen (secondary N) is 1. The van der Waals surface area contributed by atoms with Crippen LogP contribution in [0, 0.1) is 0 Å². The van der Waals surface area contributed by atoms with Gasteiger partial charge in [-0.15, -0.1) is 11.3 Å². The summed E-state index contributed by atoms with van der Waals surface area (Å²) in [6.45, 7) is -0.105. The van der Waals surface area contributed by atoms with Crippen molar-refractivity contribution in [2.24, 2.45) is 5.10 Å². The number of hydrazone groups is 1. The number of aryl methyl sites for hydroxylation is 2. The summed E-state index contributed by atoms with van der Waals surface area (Å²) >= 11 is 1.60. The highest BCUT2D eigenvalue weighted by molar-refractivity contribution is 7.18. The van der Waals surface area contributed by atoms with Gasteiger partial charge in [0.15, 0.2) is 0 Å². The predicted octanol–water partition coefficient (Wildman–Crippen LogP) is 3.15. The normalized spacial score (nSPS) is 14.0. The van der Waals surface area contributed by atoms with Crippen molar-refractivity contribution in [2.45, 2.75) is 32.2 Å². The highest BCUT2D eigenvalue weighted by Crippen LogP contribution is 2.33. The highest BCUT2D eigenvalue weighted by atomic mass is 32.1. The predicted molar refractivity (Wildman–Crippen MR) is 113 cm³/mol. The number of carbonyl (C=O) groups is 1. The molecule has 1 aliphatic rings. The van der Waals surface area contributed by atoms with Gasteiger partial charge in [0.05, 0.1) is 11.7 Å². The summed E-state index contributed by atoms with van der Waals surface area (Å²) in [5.41, 5.74) is 4.47. The number of amides is 1. The second kappa shape index (κ2) is 8.31. The molecule has 2 heterocycles. The van der Waals surface area contributed by atoms with Crippen LogP contribution in [0.5, 0.6) is 0 Å². The third-order valence-electron chi connectivity index (χ3n) is 4.69. The van der Waals surface area contributed by atoms with Gasteiger partial charge in [-0.1, -0.05) is 36.4 Å². The molecule has 4 rings (SSSR count). The number of thiophene rings is 1. The van der Waals surface area contributed by atoms with Crippen LogP contribution in [0.1, 0.15) is 28.8 Å². The van der Waals surface area contributed by atoms with Gasteiger partial charge in [0.1, 0.15) is 11.4 Å². The van der Waals surface area contributed by atoms with E-state index >= 15 is 0 Å². The smallest absolute Gasteiger partial charge is 0.262 e. The lowest BCUT2D eigenvalue weighted by atomic mass is 9.97. The molecule has 28 heavy (non-hydrogen) atoms. The highest BCUT2D eigenvalue weighted by Gasteiger charge is 2.20. The van der Waals surface area contributed by atoms with Gasteiger partial charge in [0.25, 0.3) is 11.5 Å². The van der Waals surface area contributed by atoms with Crippen molar-refractivity contribution in [3.63, 3.8) is 0 Å². The van der Waals surface area contributed by atoms with Gasteiger partial charge in [0.2, 0.25) is 0 Å². The Hall–Kier alpha value is -3.06. The van der Waals surface area contributed by atoms with E-state index in [0.29, 0.717) is 5.39 Å². The van der Waals surface area contributed by atoms with Crippen molar-refractivity contribution >= 4 is 39.8 Å².